The Kier molecular flexibility index (Phi) is 4.62. The molecule has 1 aromatic carbocycles. The summed E-state index contributed by atoms with van der Waals surface area (Å²) in [6.07, 6.45) is 5.20. The zero-order valence-electron chi connectivity index (χ0n) is 15.1. The molecule has 0 bridgehead atoms. The first-order chi connectivity index (χ1) is 11.8. The number of fused-ring (bicyclic) bond motifs is 1. The highest BCUT2D eigenvalue weighted by Crippen LogP contribution is 2.46. The highest BCUT2D eigenvalue weighted by atomic mass is 16.7. The van der Waals surface area contributed by atoms with E-state index >= 15 is 0 Å². The van der Waals surface area contributed by atoms with E-state index in [1.54, 1.807) is 32.9 Å². The average Bonchev–Trinajstić information content (AvgIpc) is 2.88. The number of hydrogen-bond donors (Lipinski definition) is 2. The van der Waals surface area contributed by atoms with E-state index in [1.807, 2.05) is 6.07 Å². The Bertz CT molecular complexity index is 672. The van der Waals surface area contributed by atoms with Crippen molar-refractivity contribution in [2.24, 2.45) is 5.41 Å². The van der Waals surface area contributed by atoms with Crippen molar-refractivity contribution in [2.45, 2.75) is 58.7 Å². The van der Waals surface area contributed by atoms with Crippen molar-refractivity contribution in [1.82, 2.24) is 5.32 Å². The molecule has 1 aliphatic carbocycles. The van der Waals surface area contributed by atoms with Crippen molar-refractivity contribution in [3.63, 3.8) is 0 Å². The van der Waals surface area contributed by atoms with Gasteiger partial charge in [-0.05, 0) is 25.0 Å². The summed E-state index contributed by atoms with van der Waals surface area (Å²) in [5, 5.41) is 5.42. The number of nitrogens with one attached hydrogen (secondary N) is 2. The van der Waals surface area contributed by atoms with E-state index in [-0.39, 0.29) is 18.4 Å². The maximum absolute atomic E-state index is 12.0. The highest BCUT2D eigenvalue weighted by Gasteiger charge is 2.42. The van der Waals surface area contributed by atoms with Crippen LogP contribution in [0.1, 0.15) is 52.9 Å². The van der Waals surface area contributed by atoms with Crippen LogP contribution in [0.15, 0.2) is 18.2 Å². The van der Waals surface area contributed by atoms with Crippen molar-refractivity contribution in [1.29, 1.82) is 0 Å². The topological polar surface area (TPSA) is 76.7 Å². The number of carbonyl (C=O) groups is 2. The molecule has 2 N–H and O–H groups in total. The van der Waals surface area contributed by atoms with E-state index in [1.165, 1.54) is 6.42 Å². The van der Waals surface area contributed by atoms with Crippen LogP contribution in [0.25, 0.3) is 0 Å². The zero-order chi connectivity index (χ0) is 18.1. The fourth-order valence-electron chi connectivity index (χ4n) is 3.10. The molecule has 1 heterocycles. The molecule has 0 unspecified atom stereocenters. The van der Waals surface area contributed by atoms with E-state index in [9.17, 15) is 9.59 Å². The first-order valence-corrected chi connectivity index (χ1v) is 8.88. The normalized spacial score (nSPS) is 18.0. The minimum atomic E-state index is -0.524. The lowest BCUT2D eigenvalue weighted by molar-refractivity contribution is -0.130. The van der Waals surface area contributed by atoms with Gasteiger partial charge in [-0.1, -0.05) is 27.2 Å². The Hall–Kier alpha value is -2.24. The molecule has 6 nitrogen and oxygen atoms in total. The Labute approximate surface area is 148 Å². The van der Waals surface area contributed by atoms with E-state index in [0.717, 1.165) is 31.4 Å². The van der Waals surface area contributed by atoms with Crippen LogP contribution in [0, 0.1) is 5.41 Å². The second-order valence-corrected chi connectivity index (χ2v) is 7.82. The van der Waals surface area contributed by atoms with Crippen molar-refractivity contribution >= 4 is 17.5 Å². The molecule has 2 aliphatic rings. The van der Waals surface area contributed by atoms with Gasteiger partial charge in [0.1, 0.15) is 0 Å². The molecule has 1 spiro atoms. The number of hydrogen-bond acceptors (Lipinski definition) is 4. The fraction of sp³-hybridized carbons (Fsp3) is 0.579. The van der Waals surface area contributed by atoms with Crippen LogP contribution in [0.3, 0.4) is 0 Å². The summed E-state index contributed by atoms with van der Waals surface area (Å²) in [4.78, 5) is 23.9. The van der Waals surface area contributed by atoms with Gasteiger partial charge in [0.2, 0.25) is 11.8 Å². The molecule has 1 aliphatic heterocycles. The molecule has 0 saturated heterocycles. The predicted molar refractivity (Wildman–Crippen MR) is 94.6 cm³/mol. The number of amides is 2. The third kappa shape index (κ3) is 4.06. The molecule has 136 valence electrons. The summed E-state index contributed by atoms with van der Waals surface area (Å²) in [6, 6.07) is 5.39. The molecule has 0 aromatic heterocycles. The van der Waals surface area contributed by atoms with Crippen LogP contribution in [-0.4, -0.2) is 24.1 Å². The van der Waals surface area contributed by atoms with Crippen molar-refractivity contribution in [3.05, 3.63) is 18.2 Å². The molecule has 6 heteroatoms. The Morgan fingerprint density at radius 2 is 1.76 bits per heavy atom. The maximum Gasteiger partial charge on any atom is 0.251 e. The first kappa shape index (κ1) is 17.6. The summed E-state index contributed by atoms with van der Waals surface area (Å²) in [7, 11) is 0. The zero-order valence-corrected chi connectivity index (χ0v) is 15.1. The minimum absolute atomic E-state index is 0.0610. The Morgan fingerprint density at radius 3 is 2.44 bits per heavy atom. The van der Waals surface area contributed by atoms with Gasteiger partial charge >= 0.3 is 0 Å². The van der Waals surface area contributed by atoms with Gasteiger partial charge in [-0.15, -0.1) is 0 Å². The number of anilines is 1. The quantitative estimate of drug-likeness (QED) is 0.881. The summed E-state index contributed by atoms with van der Waals surface area (Å²) in [6.45, 7) is 5.35. The minimum Gasteiger partial charge on any atom is -0.448 e. The SMILES string of the molecule is CC(C)(C)C(=O)NCC(=O)Nc1ccc2c(c1)OC1(CCCCC1)O2. The summed E-state index contributed by atoms with van der Waals surface area (Å²) >= 11 is 0. The molecule has 25 heavy (non-hydrogen) atoms. The molecule has 1 saturated carbocycles. The molecule has 0 radical (unpaired) electrons. The Balaban J connectivity index is 1.58. The van der Waals surface area contributed by atoms with E-state index in [4.69, 9.17) is 9.47 Å². The van der Waals surface area contributed by atoms with Crippen LogP contribution >= 0.6 is 0 Å². The lowest BCUT2D eigenvalue weighted by Crippen LogP contribution is -2.40. The van der Waals surface area contributed by atoms with Crippen LogP contribution in [0.5, 0.6) is 11.5 Å². The number of benzene rings is 1. The van der Waals surface area contributed by atoms with Crippen molar-refractivity contribution in [3.8, 4) is 11.5 Å². The largest absolute Gasteiger partial charge is 0.448 e. The van der Waals surface area contributed by atoms with Gasteiger partial charge in [0, 0.05) is 30.0 Å². The lowest BCUT2D eigenvalue weighted by atomic mass is 9.94. The average molecular weight is 346 g/mol. The number of rotatable bonds is 3. The van der Waals surface area contributed by atoms with E-state index in [2.05, 4.69) is 10.6 Å². The fourth-order valence-corrected chi connectivity index (χ4v) is 3.10. The molecule has 0 atom stereocenters. The smallest absolute Gasteiger partial charge is 0.251 e. The van der Waals surface area contributed by atoms with Gasteiger partial charge < -0.3 is 20.1 Å². The summed E-state index contributed by atoms with van der Waals surface area (Å²) < 4.78 is 12.1. The molecule has 1 aromatic rings. The highest BCUT2D eigenvalue weighted by molar-refractivity contribution is 5.95. The summed E-state index contributed by atoms with van der Waals surface area (Å²) in [5.74, 6) is 0.431. The van der Waals surface area contributed by atoms with Gasteiger partial charge in [-0.2, -0.15) is 0 Å². The van der Waals surface area contributed by atoms with E-state index < -0.39 is 11.2 Å². The lowest BCUT2D eigenvalue weighted by Gasteiger charge is -2.31. The number of ether oxygens (including phenoxy) is 2. The first-order valence-electron chi connectivity index (χ1n) is 8.88. The van der Waals surface area contributed by atoms with Crippen LogP contribution in [0.2, 0.25) is 0 Å². The van der Waals surface area contributed by atoms with Gasteiger partial charge in [0.25, 0.3) is 5.79 Å². The van der Waals surface area contributed by atoms with Crippen LogP contribution in [-0.2, 0) is 9.59 Å². The molecular formula is C19H26N2O4. The van der Waals surface area contributed by atoms with E-state index in [0.29, 0.717) is 11.4 Å². The number of carbonyl (C=O) groups excluding carboxylic acids is 2. The third-order valence-electron chi connectivity index (χ3n) is 4.53. The van der Waals surface area contributed by atoms with Crippen molar-refractivity contribution in [2.75, 3.05) is 11.9 Å². The third-order valence-corrected chi connectivity index (χ3v) is 4.53. The van der Waals surface area contributed by atoms with Crippen LogP contribution < -0.4 is 20.1 Å². The molecule has 1 fully saturated rings. The van der Waals surface area contributed by atoms with Crippen molar-refractivity contribution < 1.29 is 19.1 Å². The summed E-state index contributed by atoms with van der Waals surface area (Å²) in [5.41, 5.74) is 0.109. The second kappa shape index (κ2) is 6.58. The van der Waals surface area contributed by atoms with Gasteiger partial charge in [0.15, 0.2) is 11.5 Å². The maximum atomic E-state index is 12.0. The van der Waals surface area contributed by atoms with Crippen LogP contribution in [0.4, 0.5) is 5.69 Å². The van der Waals surface area contributed by atoms with Gasteiger partial charge in [-0.25, -0.2) is 0 Å². The standard InChI is InChI=1S/C19H26N2O4/c1-18(2,3)17(23)20-12-16(22)21-13-7-8-14-15(11-13)25-19(24-14)9-5-4-6-10-19/h7-8,11H,4-6,9-10,12H2,1-3H3,(H,20,23)(H,21,22). The molecule has 3 rings (SSSR count). The Morgan fingerprint density at radius 1 is 1.08 bits per heavy atom. The monoisotopic (exact) mass is 346 g/mol. The second-order valence-electron chi connectivity index (χ2n) is 7.82. The predicted octanol–water partition coefficient (Wildman–Crippen LogP) is 3.22. The molecular weight excluding hydrogens is 320 g/mol. The molecule has 2 amide bonds. The van der Waals surface area contributed by atoms with Gasteiger partial charge in [0.05, 0.1) is 6.54 Å². The van der Waals surface area contributed by atoms with Gasteiger partial charge in [-0.3, -0.25) is 9.59 Å².